The first-order valence-corrected chi connectivity index (χ1v) is 28.3. The van der Waals surface area contributed by atoms with E-state index in [1.807, 2.05) is 24.3 Å². The highest BCUT2D eigenvalue weighted by molar-refractivity contribution is 5.71. The first-order valence-electron chi connectivity index (χ1n) is 28.3. The van der Waals surface area contributed by atoms with E-state index in [2.05, 4.69) is 142 Å². The van der Waals surface area contributed by atoms with Crippen molar-refractivity contribution in [2.45, 2.75) is 232 Å². The van der Waals surface area contributed by atoms with Gasteiger partial charge >= 0.3 is 17.9 Å². The molecule has 0 spiro atoms. The molecule has 1 atom stereocenters. The highest BCUT2D eigenvalue weighted by atomic mass is 16.6. The SMILES string of the molecule is CC/C=C\C/C=C\C/C=C\C/C=C\C/C=C\C/C=C\CCC(=O)OC[C@H](COC(=O)CCCCCCCCCCCCCCCCC)OC(=O)CC/C=C\C/C=C\C/C=C\C/C=C\C/C=C\C/C=C\CC. The van der Waals surface area contributed by atoms with E-state index in [0.717, 1.165) is 96.3 Å². The molecule has 0 aliphatic rings. The van der Waals surface area contributed by atoms with Gasteiger partial charge < -0.3 is 14.2 Å². The second-order valence-corrected chi connectivity index (χ2v) is 18.1. The summed E-state index contributed by atoms with van der Waals surface area (Å²) < 4.78 is 16.7. The van der Waals surface area contributed by atoms with Crippen molar-refractivity contribution < 1.29 is 28.6 Å². The van der Waals surface area contributed by atoms with Gasteiger partial charge in [0, 0.05) is 19.3 Å². The van der Waals surface area contributed by atoms with Crippen LogP contribution in [0.15, 0.2) is 146 Å². The Balaban J connectivity index is 4.64. The number of rotatable bonds is 49. The molecule has 0 saturated carbocycles. The summed E-state index contributed by atoms with van der Waals surface area (Å²) in [5, 5.41) is 0. The zero-order chi connectivity index (χ0) is 51.4. The maximum absolute atomic E-state index is 12.8. The van der Waals surface area contributed by atoms with Gasteiger partial charge in [0.25, 0.3) is 0 Å². The zero-order valence-electron chi connectivity index (χ0n) is 45.4. The van der Waals surface area contributed by atoms with E-state index in [9.17, 15) is 14.4 Å². The van der Waals surface area contributed by atoms with Crippen LogP contribution in [0.3, 0.4) is 0 Å². The molecule has 398 valence electrons. The maximum Gasteiger partial charge on any atom is 0.306 e. The minimum absolute atomic E-state index is 0.135. The number of ether oxygens (including phenoxy) is 3. The lowest BCUT2D eigenvalue weighted by molar-refractivity contribution is -0.166. The van der Waals surface area contributed by atoms with Crippen molar-refractivity contribution in [3.05, 3.63) is 146 Å². The third-order valence-corrected chi connectivity index (χ3v) is 11.4. The number of carbonyl (C=O) groups excluding carboxylic acids is 3. The molecule has 0 heterocycles. The molecule has 0 aliphatic heterocycles. The fourth-order valence-electron chi connectivity index (χ4n) is 7.20. The molecule has 0 aromatic heterocycles. The first kappa shape index (κ1) is 66.3. The Hall–Kier alpha value is -4.71. The van der Waals surface area contributed by atoms with Gasteiger partial charge in [-0.1, -0.05) is 256 Å². The van der Waals surface area contributed by atoms with Crippen LogP contribution in [0, 0.1) is 0 Å². The van der Waals surface area contributed by atoms with E-state index >= 15 is 0 Å². The van der Waals surface area contributed by atoms with Crippen molar-refractivity contribution in [3.63, 3.8) is 0 Å². The lowest BCUT2D eigenvalue weighted by Crippen LogP contribution is -2.30. The Labute approximate surface area is 436 Å². The summed E-state index contributed by atoms with van der Waals surface area (Å²) in [6, 6.07) is 0. The van der Waals surface area contributed by atoms with Crippen LogP contribution in [0.2, 0.25) is 0 Å². The summed E-state index contributed by atoms with van der Waals surface area (Å²) in [5.41, 5.74) is 0. The fourth-order valence-corrected chi connectivity index (χ4v) is 7.20. The standard InChI is InChI=1S/C65H102O6/c1-4-7-10-13-16-19-22-25-28-30-32-34-37-40-43-46-49-52-55-58-64(67)70-61-62(60-69-63(66)57-54-51-48-45-42-39-36-27-24-21-18-15-12-9-6-3)71-65(68)59-56-53-50-47-44-41-38-35-33-31-29-26-23-20-17-14-11-8-5-2/h7-8,10-11,16-17,19-20,25-26,28-29,32-35,40-41,43-44,49-50,52-53,62H,4-6,9,12-15,18,21-24,27,30-31,36-39,42,45-48,51,54-61H2,1-3H3/b10-7-,11-8-,19-16-,20-17-,28-25-,29-26-,34-32-,35-33-,43-40-,44-41-,52-49-,53-50-/t62-/m0/s1. The highest BCUT2D eigenvalue weighted by Crippen LogP contribution is 2.14. The Bertz CT molecular complexity index is 1590. The van der Waals surface area contributed by atoms with Crippen LogP contribution in [0.25, 0.3) is 0 Å². The Morgan fingerprint density at radius 3 is 0.859 bits per heavy atom. The molecule has 6 heteroatoms. The summed E-state index contributed by atoms with van der Waals surface area (Å²) in [6.07, 6.45) is 82.9. The van der Waals surface area contributed by atoms with Gasteiger partial charge in [-0.2, -0.15) is 0 Å². The molecule has 0 amide bonds. The van der Waals surface area contributed by atoms with Gasteiger partial charge in [-0.05, 0) is 96.3 Å². The zero-order valence-corrected chi connectivity index (χ0v) is 45.4. The van der Waals surface area contributed by atoms with Gasteiger partial charge in [-0.15, -0.1) is 0 Å². The maximum atomic E-state index is 12.8. The van der Waals surface area contributed by atoms with Crippen molar-refractivity contribution >= 4 is 17.9 Å². The molecule has 0 aromatic rings. The molecule has 0 rings (SSSR count). The minimum Gasteiger partial charge on any atom is -0.462 e. The third kappa shape index (κ3) is 56.1. The van der Waals surface area contributed by atoms with Crippen molar-refractivity contribution in [1.29, 1.82) is 0 Å². The molecule has 0 aromatic carbocycles. The molecule has 0 unspecified atom stereocenters. The minimum atomic E-state index is -0.854. The molecule has 0 fully saturated rings. The van der Waals surface area contributed by atoms with Crippen molar-refractivity contribution in [2.24, 2.45) is 0 Å². The average molecular weight is 980 g/mol. The Kier molecular flexibility index (Phi) is 54.0. The second kappa shape index (κ2) is 57.9. The van der Waals surface area contributed by atoms with Gasteiger partial charge in [0.05, 0.1) is 0 Å². The van der Waals surface area contributed by atoms with Crippen molar-refractivity contribution in [2.75, 3.05) is 13.2 Å². The molecular weight excluding hydrogens is 877 g/mol. The van der Waals surface area contributed by atoms with E-state index in [0.29, 0.717) is 19.3 Å². The highest BCUT2D eigenvalue weighted by Gasteiger charge is 2.19. The van der Waals surface area contributed by atoms with Gasteiger partial charge in [0.15, 0.2) is 6.10 Å². The van der Waals surface area contributed by atoms with Gasteiger partial charge in [0.2, 0.25) is 0 Å². The molecule has 0 saturated heterocycles. The molecule has 0 bridgehead atoms. The monoisotopic (exact) mass is 979 g/mol. The summed E-state index contributed by atoms with van der Waals surface area (Å²) in [5.74, 6) is -1.11. The number of esters is 3. The number of allylic oxidation sites excluding steroid dienone is 24. The number of hydrogen-bond donors (Lipinski definition) is 0. The van der Waals surface area contributed by atoms with Crippen molar-refractivity contribution in [1.82, 2.24) is 0 Å². The van der Waals surface area contributed by atoms with E-state index < -0.39 is 12.1 Å². The van der Waals surface area contributed by atoms with Crippen LogP contribution >= 0.6 is 0 Å². The van der Waals surface area contributed by atoms with E-state index in [-0.39, 0.29) is 38.0 Å². The second-order valence-electron chi connectivity index (χ2n) is 18.1. The summed E-state index contributed by atoms with van der Waals surface area (Å²) in [4.78, 5) is 38.1. The predicted octanol–water partition coefficient (Wildman–Crippen LogP) is 19.2. The third-order valence-electron chi connectivity index (χ3n) is 11.4. The lowest BCUT2D eigenvalue weighted by Gasteiger charge is -2.18. The largest absolute Gasteiger partial charge is 0.462 e. The van der Waals surface area contributed by atoms with Crippen LogP contribution in [-0.2, 0) is 28.6 Å². The average Bonchev–Trinajstić information content (AvgIpc) is 3.37. The lowest BCUT2D eigenvalue weighted by atomic mass is 10.0. The molecule has 71 heavy (non-hydrogen) atoms. The van der Waals surface area contributed by atoms with Gasteiger partial charge in [-0.3, -0.25) is 14.4 Å². The van der Waals surface area contributed by atoms with Crippen LogP contribution in [-0.4, -0.2) is 37.2 Å². The smallest absolute Gasteiger partial charge is 0.306 e. The number of carbonyl (C=O) groups is 3. The molecule has 0 N–H and O–H groups in total. The number of hydrogen-bond acceptors (Lipinski definition) is 6. The first-order chi connectivity index (χ1) is 35.0. The van der Waals surface area contributed by atoms with Crippen LogP contribution < -0.4 is 0 Å². The Morgan fingerprint density at radius 1 is 0.296 bits per heavy atom. The topological polar surface area (TPSA) is 78.9 Å². The molecular formula is C65H102O6. The number of unbranched alkanes of at least 4 members (excludes halogenated alkanes) is 14. The van der Waals surface area contributed by atoms with E-state index in [1.165, 1.54) is 77.0 Å². The predicted molar refractivity (Wildman–Crippen MR) is 306 cm³/mol. The van der Waals surface area contributed by atoms with Crippen LogP contribution in [0.4, 0.5) is 0 Å². The van der Waals surface area contributed by atoms with Gasteiger partial charge in [0.1, 0.15) is 13.2 Å². The summed E-state index contributed by atoms with van der Waals surface area (Å²) in [7, 11) is 0. The van der Waals surface area contributed by atoms with E-state index in [1.54, 1.807) is 0 Å². The molecule has 0 radical (unpaired) electrons. The summed E-state index contributed by atoms with van der Waals surface area (Å²) in [6.45, 7) is 6.28. The molecule has 6 nitrogen and oxygen atoms in total. The van der Waals surface area contributed by atoms with Crippen molar-refractivity contribution in [3.8, 4) is 0 Å². The summed E-state index contributed by atoms with van der Waals surface area (Å²) >= 11 is 0. The van der Waals surface area contributed by atoms with Gasteiger partial charge in [-0.25, -0.2) is 0 Å². The van der Waals surface area contributed by atoms with Crippen LogP contribution in [0.5, 0.6) is 0 Å². The Morgan fingerprint density at radius 2 is 0.549 bits per heavy atom. The van der Waals surface area contributed by atoms with Crippen LogP contribution in [0.1, 0.15) is 226 Å². The quantitative estimate of drug-likeness (QED) is 0.0262. The molecule has 0 aliphatic carbocycles. The normalized spacial score (nSPS) is 13.2. The fraction of sp³-hybridized carbons (Fsp3) is 0.585. The van der Waals surface area contributed by atoms with E-state index in [4.69, 9.17) is 14.2 Å².